The Balaban J connectivity index is 1.82. The topological polar surface area (TPSA) is 81.8 Å². The molecule has 2 aromatic heterocycles. The van der Waals surface area contributed by atoms with Gasteiger partial charge < -0.3 is 5.32 Å². The molecule has 0 bridgehead atoms. The molecule has 0 unspecified atom stereocenters. The molecule has 0 aliphatic heterocycles. The van der Waals surface area contributed by atoms with E-state index in [0.717, 1.165) is 17.8 Å². The molecule has 28 heavy (non-hydrogen) atoms. The fourth-order valence-electron chi connectivity index (χ4n) is 2.63. The molecule has 0 spiro atoms. The predicted octanol–water partition coefficient (Wildman–Crippen LogP) is 3.31. The lowest BCUT2D eigenvalue weighted by Crippen LogP contribution is -2.26. The average Bonchev–Trinajstić information content (AvgIpc) is 2.99. The van der Waals surface area contributed by atoms with Crippen LogP contribution in [0, 0.1) is 11.7 Å². The van der Waals surface area contributed by atoms with E-state index in [1.165, 1.54) is 21.4 Å². The van der Waals surface area contributed by atoms with Crippen molar-refractivity contribution in [2.75, 3.05) is 11.1 Å². The maximum atomic E-state index is 13.8. The zero-order valence-electron chi connectivity index (χ0n) is 15.6. The Morgan fingerprint density at radius 3 is 2.82 bits per heavy atom. The molecule has 1 amide bonds. The van der Waals surface area contributed by atoms with Crippen molar-refractivity contribution in [1.82, 2.24) is 19.3 Å². The van der Waals surface area contributed by atoms with E-state index in [9.17, 15) is 14.0 Å². The number of halogens is 2. The summed E-state index contributed by atoms with van der Waals surface area (Å²) in [5.74, 6) is -0.851. The number of thioether (sulfide) groups is 1. The van der Waals surface area contributed by atoms with Gasteiger partial charge in [-0.2, -0.15) is 5.10 Å². The highest BCUT2D eigenvalue weighted by molar-refractivity contribution is 7.99. The first-order valence-electron chi connectivity index (χ1n) is 8.56. The van der Waals surface area contributed by atoms with E-state index in [-0.39, 0.29) is 27.9 Å². The zero-order chi connectivity index (χ0) is 20.4. The molecule has 0 aliphatic carbocycles. The first kappa shape index (κ1) is 20.3. The summed E-state index contributed by atoms with van der Waals surface area (Å²) >= 11 is 6.83. The third-order valence-electron chi connectivity index (χ3n) is 3.79. The van der Waals surface area contributed by atoms with E-state index in [1.54, 1.807) is 13.2 Å². The summed E-state index contributed by atoms with van der Waals surface area (Å²) in [6, 6.07) is 4.02. The number of benzene rings is 1. The van der Waals surface area contributed by atoms with E-state index in [0.29, 0.717) is 22.7 Å². The van der Waals surface area contributed by atoms with E-state index >= 15 is 0 Å². The third kappa shape index (κ3) is 4.53. The Morgan fingerprint density at radius 2 is 2.14 bits per heavy atom. The lowest BCUT2D eigenvalue weighted by atomic mass is 10.2. The number of hydrogen-bond donors (Lipinski definition) is 1. The van der Waals surface area contributed by atoms with Crippen LogP contribution in [-0.4, -0.2) is 31.0 Å². The Kier molecular flexibility index (Phi) is 6.04. The van der Waals surface area contributed by atoms with Gasteiger partial charge in [-0.15, -0.1) is 0 Å². The Morgan fingerprint density at radius 1 is 1.39 bits per heavy atom. The second kappa shape index (κ2) is 8.32. The Hall–Kier alpha value is -2.39. The van der Waals surface area contributed by atoms with Gasteiger partial charge >= 0.3 is 0 Å². The number of aryl methyl sites for hydroxylation is 1. The summed E-state index contributed by atoms with van der Waals surface area (Å²) in [7, 11) is 1.72. The van der Waals surface area contributed by atoms with Gasteiger partial charge in [-0.05, 0) is 24.1 Å². The number of fused-ring (bicyclic) bond motifs is 1. The van der Waals surface area contributed by atoms with Crippen LogP contribution in [0.1, 0.15) is 13.8 Å². The van der Waals surface area contributed by atoms with Crippen molar-refractivity contribution in [2.24, 2.45) is 13.0 Å². The number of aromatic nitrogens is 4. The molecule has 148 valence electrons. The third-order valence-corrected chi connectivity index (χ3v) is 5.00. The van der Waals surface area contributed by atoms with E-state index in [1.807, 2.05) is 13.8 Å². The van der Waals surface area contributed by atoms with Crippen molar-refractivity contribution in [3.8, 4) is 0 Å². The standard InChI is InChI=1S/C18H19ClFN5O2S/c1-10(2)7-25-17(27)16-14(8-24(3)23-16)22-18(25)28-9-15(26)21-13-5-4-11(19)6-12(13)20/h4-6,8,10H,7,9H2,1-3H3,(H,21,26). The quantitative estimate of drug-likeness (QED) is 0.486. The minimum absolute atomic E-state index is 0.0294. The van der Waals surface area contributed by atoms with Crippen molar-refractivity contribution in [1.29, 1.82) is 0 Å². The smallest absolute Gasteiger partial charge is 0.282 e. The van der Waals surface area contributed by atoms with Crippen molar-refractivity contribution in [2.45, 2.75) is 25.5 Å². The van der Waals surface area contributed by atoms with Gasteiger partial charge in [0.05, 0.1) is 17.6 Å². The fraction of sp³-hybridized carbons (Fsp3) is 0.333. The second-order valence-electron chi connectivity index (χ2n) is 6.70. The Labute approximate surface area is 169 Å². The molecule has 1 aromatic carbocycles. The van der Waals surface area contributed by atoms with Crippen LogP contribution in [0.25, 0.3) is 11.0 Å². The summed E-state index contributed by atoms with van der Waals surface area (Å²) < 4.78 is 16.9. The minimum atomic E-state index is -0.613. The lowest BCUT2D eigenvalue weighted by Gasteiger charge is -2.13. The molecule has 0 saturated carbocycles. The number of amides is 1. The monoisotopic (exact) mass is 423 g/mol. The molecule has 0 aliphatic rings. The number of nitrogens with one attached hydrogen (secondary N) is 1. The first-order chi connectivity index (χ1) is 13.2. The SMILES string of the molecule is CC(C)Cn1c(SCC(=O)Nc2ccc(Cl)cc2F)nc2cn(C)nc2c1=O. The van der Waals surface area contributed by atoms with Gasteiger partial charge in [0.25, 0.3) is 5.56 Å². The first-order valence-corrected chi connectivity index (χ1v) is 9.93. The highest BCUT2D eigenvalue weighted by Gasteiger charge is 2.17. The molecule has 7 nitrogen and oxygen atoms in total. The van der Waals surface area contributed by atoms with Crippen LogP contribution >= 0.6 is 23.4 Å². The normalized spacial score (nSPS) is 11.4. The molecule has 10 heteroatoms. The Bertz CT molecular complexity index is 1100. The van der Waals surface area contributed by atoms with Crippen molar-refractivity contribution in [3.63, 3.8) is 0 Å². The van der Waals surface area contributed by atoms with Crippen molar-refractivity contribution >= 4 is 46.0 Å². The zero-order valence-corrected chi connectivity index (χ0v) is 17.1. The van der Waals surface area contributed by atoms with Gasteiger partial charge in [-0.25, -0.2) is 9.37 Å². The van der Waals surface area contributed by atoms with Crippen LogP contribution < -0.4 is 10.9 Å². The lowest BCUT2D eigenvalue weighted by molar-refractivity contribution is -0.113. The van der Waals surface area contributed by atoms with Crippen molar-refractivity contribution in [3.05, 3.63) is 45.6 Å². The summed E-state index contributed by atoms with van der Waals surface area (Å²) in [5.41, 5.74) is 0.565. The maximum absolute atomic E-state index is 13.8. The maximum Gasteiger partial charge on any atom is 0.282 e. The number of rotatable bonds is 6. The molecule has 0 atom stereocenters. The van der Waals surface area contributed by atoms with E-state index in [4.69, 9.17) is 11.6 Å². The van der Waals surface area contributed by atoms with Crippen LogP contribution in [0.5, 0.6) is 0 Å². The molecule has 3 rings (SSSR count). The predicted molar refractivity (Wildman–Crippen MR) is 108 cm³/mol. The molecule has 1 N–H and O–H groups in total. The van der Waals surface area contributed by atoms with Crippen LogP contribution in [0.4, 0.5) is 10.1 Å². The number of anilines is 1. The molecular weight excluding hydrogens is 405 g/mol. The largest absolute Gasteiger partial charge is 0.323 e. The van der Waals surface area contributed by atoms with E-state index in [2.05, 4.69) is 15.4 Å². The number of nitrogens with zero attached hydrogens (tertiary/aromatic N) is 4. The van der Waals surface area contributed by atoms with Crippen LogP contribution in [0.15, 0.2) is 34.3 Å². The van der Waals surface area contributed by atoms with Gasteiger partial charge in [0, 0.05) is 18.6 Å². The summed E-state index contributed by atoms with van der Waals surface area (Å²) in [5, 5.41) is 7.34. The molecule has 0 fully saturated rings. The molecular formula is C18H19ClFN5O2S. The second-order valence-corrected chi connectivity index (χ2v) is 8.08. The minimum Gasteiger partial charge on any atom is -0.323 e. The van der Waals surface area contributed by atoms with Crippen LogP contribution in [-0.2, 0) is 18.4 Å². The molecule has 0 radical (unpaired) electrons. The summed E-state index contributed by atoms with van der Waals surface area (Å²) in [4.78, 5) is 29.5. The highest BCUT2D eigenvalue weighted by Crippen LogP contribution is 2.21. The van der Waals surface area contributed by atoms with Gasteiger partial charge in [0.2, 0.25) is 5.91 Å². The van der Waals surface area contributed by atoms with Crippen LogP contribution in [0.2, 0.25) is 5.02 Å². The fourth-order valence-corrected chi connectivity index (χ4v) is 3.60. The highest BCUT2D eigenvalue weighted by atomic mass is 35.5. The van der Waals surface area contributed by atoms with E-state index < -0.39 is 11.7 Å². The van der Waals surface area contributed by atoms with Gasteiger partial charge in [-0.1, -0.05) is 37.2 Å². The van der Waals surface area contributed by atoms with Gasteiger partial charge in [0.15, 0.2) is 10.7 Å². The molecule has 2 heterocycles. The number of hydrogen-bond acceptors (Lipinski definition) is 5. The van der Waals surface area contributed by atoms with Crippen molar-refractivity contribution < 1.29 is 9.18 Å². The average molecular weight is 424 g/mol. The number of carbonyl (C=O) groups is 1. The van der Waals surface area contributed by atoms with Crippen LogP contribution in [0.3, 0.4) is 0 Å². The summed E-state index contributed by atoms with van der Waals surface area (Å²) in [6.45, 7) is 4.42. The molecule has 0 saturated heterocycles. The summed E-state index contributed by atoms with van der Waals surface area (Å²) in [6.07, 6.45) is 1.66. The number of carbonyl (C=O) groups excluding carboxylic acids is 1. The molecule has 3 aromatic rings. The van der Waals surface area contributed by atoms with Gasteiger partial charge in [-0.3, -0.25) is 18.8 Å². The van der Waals surface area contributed by atoms with Gasteiger partial charge in [0.1, 0.15) is 11.3 Å².